The Hall–Kier alpha value is -2.28. The highest BCUT2D eigenvalue weighted by molar-refractivity contribution is 7.09. The summed E-state index contributed by atoms with van der Waals surface area (Å²) in [5.74, 6) is 2.16. The van der Waals surface area contributed by atoms with Gasteiger partial charge >= 0.3 is 0 Å². The van der Waals surface area contributed by atoms with Crippen molar-refractivity contribution in [3.8, 4) is 0 Å². The van der Waals surface area contributed by atoms with Gasteiger partial charge < -0.3 is 4.90 Å². The molecule has 1 saturated heterocycles. The SMILES string of the molecule is O=c1c2ccccc2ncn1CC1CCN(c2nc(C3CC3)ns2)CC1. The van der Waals surface area contributed by atoms with E-state index in [0.717, 1.165) is 48.9 Å². The van der Waals surface area contributed by atoms with Crippen LogP contribution < -0.4 is 10.5 Å². The first-order chi connectivity index (χ1) is 12.8. The van der Waals surface area contributed by atoms with Crippen LogP contribution >= 0.6 is 11.5 Å². The van der Waals surface area contributed by atoms with E-state index >= 15 is 0 Å². The van der Waals surface area contributed by atoms with Crippen LogP contribution in [-0.4, -0.2) is 32.0 Å². The highest BCUT2D eigenvalue weighted by Gasteiger charge is 2.29. The zero-order valence-electron chi connectivity index (χ0n) is 14.5. The number of hydrogen-bond donors (Lipinski definition) is 0. The third-order valence-corrected chi connectivity index (χ3v) is 6.24. The van der Waals surface area contributed by atoms with Gasteiger partial charge in [-0.05, 0) is 43.7 Å². The Morgan fingerprint density at radius 1 is 1.12 bits per heavy atom. The minimum atomic E-state index is 0.0660. The number of nitrogens with zero attached hydrogens (tertiary/aromatic N) is 5. The maximum atomic E-state index is 12.7. The van der Waals surface area contributed by atoms with Gasteiger partial charge in [-0.1, -0.05) is 12.1 Å². The molecule has 0 radical (unpaired) electrons. The molecule has 0 N–H and O–H groups in total. The average molecular weight is 367 g/mol. The molecule has 134 valence electrons. The van der Waals surface area contributed by atoms with Crippen molar-refractivity contribution < 1.29 is 0 Å². The summed E-state index contributed by atoms with van der Waals surface area (Å²) in [6.07, 6.45) is 6.32. The number of benzene rings is 1. The lowest BCUT2D eigenvalue weighted by atomic mass is 9.97. The zero-order chi connectivity index (χ0) is 17.5. The van der Waals surface area contributed by atoms with Gasteiger partial charge in [-0.15, -0.1) is 0 Å². The minimum Gasteiger partial charge on any atom is -0.347 e. The van der Waals surface area contributed by atoms with Crippen LogP contribution in [0.4, 0.5) is 5.13 Å². The Balaban J connectivity index is 1.25. The monoisotopic (exact) mass is 367 g/mol. The van der Waals surface area contributed by atoms with Gasteiger partial charge in [0.15, 0.2) is 0 Å². The van der Waals surface area contributed by atoms with Crippen LogP contribution in [0.2, 0.25) is 0 Å². The first-order valence-corrected chi connectivity index (χ1v) is 10.1. The molecule has 2 fully saturated rings. The van der Waals surface area contributed by atoms with Crippen LogP contribution in [0.1, 0.15) is 37.4 Å². The second kappa shape index (κ2) is 6.46. The van der Waals surface area contributed by atoms with Gasteiger partial charge in [0.05, 0.1) is 17.2 Å². The maximum absolute atomic E-state index is 12.7. The van der Waals surface area contributed by atoms with E-state index in [2.05, 4.69) is 14.3 Å². The molecule has 2 aliphatic rings. The quantitative estimate of drug-likeness (QED) is 0.709. The fourth-order valence-electron chi connectivity index (χ4n) is 3.68. The Bertz CT molecular complexity index is 985. The van der Waals surface area contributed by atoms with Crippen molar-refractivity contribution >= 4 is 27.6 Å². The molecule has 0 spiro atoms. The lowest BCUT2D eigenvalue weighted by Crippen LogP contribution is -2.36. The van der Waals surface area contributed by atoms with Crippen molar-refractivity contribution in [3.05, 3.63) is 46.8 Å². The van der Waals surface area contributed by atoms with E-state index in [4.69, 9.17) is 4.98 Å². The second-order valence-corrected chi connectivity index (χ2v) is 8.09. The number of piperidine rings is 1. The summed E-state index contributed by atoms with van der Waals surface area (Å²) in [6.45, 7) is 2.72. The van der Waals surface area contributed by atoms with Gasteiger partial charge in [-0.3, -0.25) is 9.36 Å². The van der Waals surface area contributed by atoms with E-state index in [1.807, 2.05) is 24.3 Å². The summed E-state index contributed by atoms with van der Waals surface area (Å²) >= 11 is 1.53. The number of fused-ring (bicyclic) bond motifs is 1. The minimum absolute atomic E-state index is 0.0660. The molecule has 0 unspecified atom stereocenters. The summed E-state index contributed by atoms with van der Waals surface area (Å²) in [4.78, 5) is 24.2. The number of anilines is 1. The number of rotatable bonds is 4. The summed E-state index contributed by atoms with van der Waals surface area (Å²) in [5.41, 5.74) is 0.836. The summed E-state index contributed by atoms with van der Waals surface area (Å²) in [6, 6.07) is 7.55. The topological polar surface area (TPSA) is 63.9 Å². The summed E-state index contributed by atoms with van der Waals surface area (Å²) < 4.78 is 6.29. The van der Waals surface area contributed by atoms with Gasteiger partial charge in [0, 0.05) is 37.1 Å². The molecule has 7 heteroatoms. The van der Waals surface area contributed by atoms with Crippen molar-refractivity contribution in [3.63, 3.8) is 0 Å². The predicted molar refractivity (Wildman–Crippen MR) is 103 cm³/mol. The standard InChI is InChI=1S/C19H21N5OS/c25-18-15-3-1-2-4-16(15)20-12-24(18)11-13-7-9-23(10-8-13)19-21-17(22-26-19)14-5-6-14/h1-4,12-14H,5-11H2. The van der Waals surface area contributed by atoms with Gasteiger partial charge in [-0.25, -0.2) is 9.97 Å². The fraction of sp³-hybridized carbons (Fsp3) is 0.474. The Morgan fingerprint density at radius 2 is 1.92 bits per heavy atom. The number of hydrogen-bond acceptors (Lipinski definition) is 6. The van der Waals surface area contributed by atoms with Crippen molar-refractivity contribution in [2.45, 2.75) is 38.1 Å². The van der Waals surface area contributed by atoms with Gasteiger partial charge in [0.25, 0.3) is 5.56 Å². The third-order valence-electron chi connectivity index (χ3n) is 5.44. The van der Waals surface area contributed by atoms with Gasteiger partial charge in [0.2, 0.25) is 5.13 Å². The predicted octanol–water partition coefficient (Wildman–Crippen LogP) is 3.04. The molecule has 6 nitrogen and oxygen atoms in total. The van der Waals surface area contributed by atoms with E-state index in [-0.39, 0.29) is 5.56 Å². The number of aromatic nitrogens is 4. The molecule has 2 aromatic heterocycles. The molecule has 0 amide bonds. The van der Waals surface area contributed by atoms with E-state index in [9.17, 15) is 4.79 Å². The van der Waals surface area contributed by atoms with Crippen molar-refractivity contribution in [2.24, 2.45) is 5.92 Å². The molecule has 26 heavy (non-hydrogen) atoms. The highest BCUT2D eigenvalue weighted by Crippen LogP contribution is 2.40. The lowest BCUT2D eigenvalue weighted by molar-refractivity contribution is 0.352. The maximum Gasteiger partial charge on any atom is 0.261 e. The first kappa shape index (κ1) is 15.9. The van der Waals surface area contributed by atoms with Gasteiger partial charge in [0.1, 0.15) is 5.82 Å². The molecule has 1 saturated carbocycles. The fourth-order valence-corrected chi connectivity index (χ4v) is 4.48. The molecule has 3 heterocycles. The molecule has 3 aromatic rings. The van der Waals surface area contributed by atoms with Crippen molar-refractivity contribution in [2.75, 3.05) is 18.0 Å². The lowest BCUT2D eigenvalue weighted by Gasteiger charge is -2.31. The molecule has 0 atom stereocenters. The molecular weight excluding hydrogens is 346 g/mol. The normalized spacial score (nSPS) is 18.5. The smallest absolute Gasteiger partial charge is 0.261 e. The Labute approximate surface area is 155 Å². The average Bonchev–Trinajstić information content (AvgIpc) is 3.42. The molecule has 1 aromatic carbocycles. The van der Waals surface area contributed by atoms with E-state index in [1.54, 1.807) is 10.9 Å². The Kier molecular flexibility index (Phi) is 3.96. The zero-order valence-corrected chi connectivity index (χ0v) is 15.4. The molecular formula is C19H21N5OS. The molecule has 0 bridgehead atoms. The Morgan fingerprint density at radius 3 is 2.73 bits per heavy atom. The van der Waals surface area contributed by atoms with Crippen LogP contribution in [0.15, 0.2) is 35.4 Å². The second-order valence-electron chi connectivity index (χ2n) is 7.36. The van der Waals surface area contributed by atoms with Crippen LogP contribution in [0.3, 0.4) is 0 Å². The largest absolute Gasteiger partial charge is 0.347 e. The van der Waals surface area contributed by atoms with Gasteiger partial charge in [-0.2, -0.15) is 4.37 Å². The van der Waals surface area contributed by atoms with E-state index in [0.29, 0.717) is 17.2 Å². The molecule has 1 aliphatic heterocycles. The summed E-state index contributed by atoms with van der Waals surface area (Å²) in [7, 11) is 0. The highest BCUT2D eigenvalue weighted by atomic mass is 32.1. The van der Waals surface area contributed by atoms with Crippen molar-refractivity contribution in [1.29, 1.82) is 0 Å². The molecule has 5 rings (SSSR count). The first-order valence-electron chi connectivity index (χ1n) is 9.30. The number of para-hydroxylation sites is 1. The van der Waals surface area contributed by atoms with Crippen LogP contribution in [0, 0.1) is 5.92 Å². The summed E-state index contributed by atoms with van der Waals surface area (Å²) in [5, 5.41) is 1.77. The van der Waals surface area contributed by atoms with Crippen LogP contribution in [-0.2, 0) is 6.54 Å². The van der Waals surface area contributed by atoms with Crippen LogP contribution in [0.5, 0.6) is 0 Å². The van der Waals surface area contributed by atoms with E-state index < -0.39 is 0 Å². The third kappa shape index (κ3) is 3.00. The van der Waals surface area contributed by atoms with E-state index in [1.165, 1.54) is 24.4 Å². The van der Waals surface area contributed by atoms with Crippen molar-refractivity contribution in [1.82, 2.24) is 18.9 Å². The van der Waals surface area contributed by atoms with Crippen LogP contribution in [0.25, 0.3) is 10.9 Å². The molecule has 1 aliphatic carbocycles.